The van der Waals surface area contributed by atoms with Crippen molar-refractivity contribution >= 4 is 27.2 Å². The predicted octanol–water partition coefficient (Wildman–Crippen LogP) is 4.57. The maximum Gasteiger partial charge on any atom is 0.261 e. The molecule has 8 nitrogen and oxygen atoms in total. The Morgan fingerprint density at radius 3 is 1.70 bits per heavy atom. The van der Waals surface area contributed by atoms with Gasteiger partial charge in [0, 0.05) is 83.1 Å². The highest BCUT2D eigenvalue weighted by Crippen LogP contribution is 2.10. The topological polar surface area (TPSA) is 109 Å². The van der Waals surface area contributed by atoms with Gasteiger partial charge in [-0.25, -0.2) is 18.7 Å². The van der Waals surface area contributed by atoms with E-state index in [1.165, 1.54) is 45.5 Å². The van der Waals surface area contributed by atoms with Gasteiger partial charge in [0.1, 0.15) is 22.9 Å². The first-order chi connectivity index (χ1) is 22.7. The van der Waals surface area contributed by atoms with Crippen LogP contribution in [0.3, 0.4) is 0 Å². The van der Waals surface area contributed by atoms with Gasteiger partial charge >= 0.3 is 0 Å². The van der Waals surface area contributed by atoms with Crippen LogP contribution in [0, 0.1) is 35.8 Å². The zero-order valence-electron chi connectivity index (χ0n) is 24.8. The summed E-state index contributed by atoms with van der Waals surface area (Å²) in [7, 11) is 0. The fourth-order valence-electron chi connectivity index (χ4n) is 4.15. The molecule has 0 amide bonds. The highest BCUT2D eigenvalue weighted by molar-refractivity contribution is 9.10. The Labute approximate surface area is 276 Å². The summed E-state index contributed by atoms with van der Waals surface area (Å²) in [5, 5.41) is 17.7. The molecule has 11 heteroatoms. The first kappa shape index (κ1) is 34.4. The SMILES string of the molecule is C#Cc1cccc(F)c1.O=c1c(CCO)cnc2cc(Br)ccn12.O=c1c(CCO)cnc2cc(C#Cc3cccc(F)c3)ccn12. The summed E-state index contributed by atoms with van der Waals surface area (Å²) < 4.78 is 29.1. The molecule has 6 aromatic rings. The molecule has 0 saturated heterocycles. The Balaban J connectivity index is 0.000000178. The Hall–Kier alpha value is -5.46. The van der Waals surface area contributed by atoms with E-state index in [2.05, 4.69) is 43.7 Å². The molecule has 0 saturated carbocycles. The number of terminal acetylenes is 1. The number of benzene rings is 2. The monoisotopic (exact) mass is 696 g/mol. The molecule has 47 heavy (non-hydrogen) atoms. The van der Waals surface area contributed by atoms with Gasteiger partial charge in [-0.05, 0) is 60.7 Å². The van der Waals surface area contributed by atoms with Crippen molar-refractivity contribution in [1.82, 2.24) is 18.8 Å². The fourth-order valence-corrected chi connectivity index (χ4v) is 4.47. The van der Waals surface area contributed by atoms with Crippen LogP contribution in [-0.4, -0.2) is 42.2 Å². The van der Waals surface area contributed by atoms with E-state index in [0.29, 0.717) is 45.5 Å². The van der Waals surface area contributed by atoms with Crippen molar-refractivity contribution in [2.24, 2.45) is 0 Å². The van der Waals surface area contributed by atoms with Gasteiger partial charge in [0.05, 0.1) is 0 Å². The normalized spacial score (nSPS) is 10.1. The van der Waals surface area contributed by atoms with Gasteiger partial charge in [0.2, 0.25) is 0 Å². The van der Waals surface area contributed by atoms with Crippen molar-refractivity contribution in [3.8, 4) is 24.2 Å². The lowest BCUT2D eigenvalue weighted by molar-refractivity contribution is 0.298. The van der Waals surface area contributed by atoms with E-state index in [0.717, 1.165) is 4.47 Å². The molecule has 0 aliphatic heterocycles. The maximum atomic E-state index is 13.1. The molecule has 6 rings (SSSR count). The molecular formula is C36H27BrF2N4O4. The summed E-state index contributed by atoms with van der Waals surface area (Å²) in [5.41, 5.74) is 3.56. The quantitative estimate of drug-likeness (QED) is 0.262. The number of hydrogen-bond acceptors (Lipinski definition) is 6. The third-order valence-electron chi connectivity index (χ3n) is 6.45. The van der Waals surface area contributed by atoms with E-state index < -0.39 is 0 Å². The number of fused-ring (bicyclic) bond motifs is 2. The molecular weight excluding hydrogens is 670 g/mol. The molecule has 4 heterocycles. The van der Waals surface area contributed by atoms with Gasteiger partial charge in [0.15, 0.2) is 0 Å². The van der Waals surface area contributed by atoms with Crippen LogP contribution in [0.5, 0.6) is 0 Å². The molecule has 0 aliphatic carbocycles. The van der Waals surface area contributed by atoms with Gasteiger partial charge < -0.3 is 10.2 Å². The molecule has 2 N–H and O–H groups in total. The molecule has 4 aromatic heterocycles. The van der Waals surface area contributed by atoms with Gasteiger partial charge in [-0.15, -0.1) is 6.42 Å². The van der Waals surface area contributed by atoms with E-state index >= 15 is 0 Å². The second kappa shape index (κ2) is 16.7. The Bertz CT molecular complexity index is 2250. The van der Waals surface area contributed by atoms with Crippen LogP contribution in [0.2, 0.25) is 0 Å². The molecule has 2 aromatic carbocycles. The minimum atomic E-state index is -0.333. The molecule has 0 aliphatic rings. The first-order valence-electron chi connectivity index (χ1n) is 14.1. The summed E-state index contributed by atoms with van der Waals surface area (Å²) in [4.78, 5) is 32.4. The van der Waals surface area contributed by atoms with E-state index in [4.69, 9.17) is 16.6 Å². The van der Waals surface area contributed by atoms with Gasteiger partial charge in [-0.2, -0.15) is 0 Å². The number of pyridine rings is 2. The lowest BCUT2D eigenvalue weighted by atomic mass is 10.2. The van der Waals surface area contributed by atoms with Crippen LogP contribution in [0.4, 0.5) is 8.78 Å². The van der Waals surface area contributed by atoms with Crippen LogP contribution < -0.4 is 11.1 Å². The fraction of sp³-hybridized carbons (Fsp3) is 0.111. The summed E-state index contributed by atoms with van der Waals surface area (Å²) in [6.45, 7) is -0.139. The molecule has 0 radical (unpaired) electrons. The third kappa shape index (κ3) is 9.52. The average molecular weight is 698 g/mol. The number of aliphatic hydroxyl groups is 2. The molecule has 0 unspecified atom stereocenters. The van der Waals surface area contributed by atoms with Crippen molar-refractivity contribution in [2.75, 3.05) is 13.2 Å². The number of halogens is 3. The third-order valence-corrected chi connectivity index (χ3v) is 6.95. The average Bonchev–Trinajstić information content (AvgIpc) is 3.07. The van der Waals surface area contributed by atoms with Crippen LogP contribution in [0.25, 0.3) is 11.3 Å². The summed E-state index contributed by atoms with van der Waals surface area (Å²) in [5.74, 6) is 7.51. The van der Waals surface area contributed by atoms with Crippen molar-refractivity contribution in [3.63, 3.8) is 0 Å². The number of rotatable bonds is 4. The van der Waals surface area contributed by atoms with Crippen LogP contribution >= 0.6 is 15.9 Å². The van der Waals surface area contributed by atoms with Crippen molar-refractivity contribution in [1.29, 1.82) is 0 Å². The Morgan fingerprint density at radius 2 is 1.19 bits per heavy atom. The zero-order valence-corrected chi connectivity index (χ0v) is 26.4. The highest BCUT2D eigenvalue weighted by atomic mass is 79.9. The minimum absolute atomic E-state index is 0.0421. The largest absolute Gasteiger partial charge is 0.396 e. The van der Waals surface area contributed by atoms with E-state index in [-0.39, 0.29) is 42.4 Å². The lowest BCUT2D eigenvalue weighted by Gasteiger charge is -2.03. The summed E-state index contributed by atoms with van der Waals surface area (Å²) in [6, 6.07) is 18.9. The molecule has 0 bridgehead atoms. The van der Waals surface area contributed by atoms with Crippen LogP contribution in [0.15, 0.2) is 112 Å². The minimum Gasteiger partial charge on any atom is -0.396 e. The highest BCUT2D eigenvalue weighted by Gasteiger charge is 2.05. The van der Waals surface area contributed by atoms with Gasteiger partial charge in [-0.1, -0.05) is 45.8 Å². The van der Waals surface area contributed by atoms with Gasteiger partial charge in [0.25, 0.3) is 11.1 Å². The van der Waals surface area contributed by atoms with E-state index in [1.54, 1.807) is 60.9 Å². The van der Waals surface area contributed by atoms with E-state index in [9.17, 15) is 18.4 Å². The van der Waals surface area contributed by atoms with Gasteiger partial charge in [-0.3, -0.25) is 18.4 Å². The second-order valence-corrected chi connectivity index (χ2v) is 10.7. The summed E-state index contributed by atoms with van der Waals surface area (Å²) >= 11 is 3.31. The standard InChI is InChI=1S/C18H13FN2O2.C10H9BrN2O2.C8H5F/c19-16-3-1-2-13(10-16)4-5-14-6-8-21-17(11-14)20-12-15(7-9-22)18(21)23;11-8-1-3-13-9(5-8)12-6-7(2-4-14)10(13)15;1-2-7-4-3-5-8(9)6-7/h1-3,6,8,10-12,22H,7,9H2;1,3,5-6,14H,2,4H2;1,3-6H. The number of nitrogens with zero attached hydrogens (tertiary/aromatic N) is 4. The molecule has 236 valence electrons. The summed E-state index contributed by atoms with van der Waals surface area (Å²) in [6.07, 6.45) is 11.9. The lowest BCUT2D eigenvalue weighted by Crippen LogP contribution is -2.20. The molecule has 0 atom stereocenters. The van der Waals surface area contributed by atoms with E-state index in [1.807, 2.05) is 0 Å². The number of aromatic nitrogens is 4. The van der Waals surface area contributed by atoms with Crippen LogP contribution in [0.1, 0.15) is 27.8 Å². The van der Waals surface area contributed by atoms with Crippen molar-refractivity contribution in [3.05, 3.63) is 162 Å². The Morgan fingerprint density at radius 1 is 0.702 bits per heavy atom. The first-order valence-corrected chi connectivity index (χ1v) is 14.9. The Kier molecular flexibility index (Phi) is 12.3. The second-order valence-electron chi connectivity index (χ2n) is 9.76. The predicted molar refractivity (Wildman–Crippen MR) is 179 cm³/mol. The molecule has 0 spiro atoms. The van der Waals surface area contributed by atoms with Crippen molar-refractivity contribution < 1.29 is 19.0 Å². The number of hydrogen-bond donors (Lipinski definition) is 2. The zero-order chi connectivity index (χ0) is 33.8. The van der Waals surface area contributed by atoms with Crippen molar-refractivity contribution in [2.45, 2.75) is 12.8 Å². The number of aliphatic hydroxyl groups excluding tert-OH is 2. The maximum absolute atomic E-state index is 13.1. The van der Waals surface area contributed by atoms with Crippen LogP contribution in [-0.2, 0) is 12.8 Å². The molecule has 0 fully saturated rings. The smallest absolute Gasteiger partial charge is 0.261 e.